The van der Waals surface area contributed by atoms with Crippen LogP contribution in [0.4, 0.5) is 5.13 Å². The number of hydrogen-bond donors (Lipinski definition) is 3. The summed E-state index contributed by atoms with van der Waals surface area (Å²) in [5, 5.41) is 11.1. The molecule has 1 unspecified atom stereocenters. The van der Waals surface area contributed by atoms with E-state index in [0.717, 1.165) is 5.56 Å². The molecule has 1 aliphatic heterocycles. The summed E-state index contributed by atoms with van der Waals surface area (Å²) in [5.41, 5.74) is 1.56. The van der Waals surface area contributed by atoms with Gasteiger partial charge in [-0.1, -0.05) is 23.7 Å². The van der Waals surface area contributed by atoms with Crippen molar-refractivity contribution in [3.05, 3.63) is 45.9 Å². The van der Waals surface area contributed by atoms with Gasteiger partial charge in [0.2, 0.25) is 17.7 Å². The Hall–Kier alpha value is -2.45. The van der Waals surface area contributed by atoms with Crippen molar-refractivity contribution in [1.82, 2.24) is 15.6 Å². The average molecular weight is 407 g/mol. The second kappa shape index (κ2) is 8.96. The highest BCUT2D eigenvalue weighted by atomic mass is 35.5. The Morgan fingerprint density at radius 2 is 2.07 bits per heavy atom. The van der Waals surface area contributed by atoms with E-state index in [4.69, 9.17) is 11.6 Å². The molecule has 3 amide bonds. The van der Waals surface area contributed by atoms with Crippen LogP contribution in [0.5, 0.6) is 0 Å². The van der Waals surface area contributed by atoms with Crippen molar-refractivity contribution in [3.8, 4) is 0 Å². The summed E-state index contributed by atoms with van der Waals surface area (Å²) in [6.45, 7) is 0.757. The lowest BCUT2D eigenvalue weighted by Gasteiger charge is -2.20. The average Bonchev–Trinajstić information content (AvgIpc) is 3.08. The molecule has 1 saturated heterocycles. The van der Waals surface area contributed by atoms with Crippen LogP contribution in [0, 0.1) is 5.92 Å². The molecule has 0 spiro atoms. The highest BCUT2D eigenvalue weighted by Gasteiger charge is 2.25. The van der Waals surface area contributed by atoms with E-state index >= 15 is 0 Å². The third-order valence-corrected chi connectivity index (χ3v) is 5.22. The van der Waals surface area contributed by atoms with Crippen LogP contribution < -0.4 is 16.0 Å². The summed E-state index contributed by atoms with van der Waals surface area (Å²) in [7, 11) is 0. The zero-order valence-electron chi connectivity index (χ0n) is 14.5. The number of hydrogen-bond acceptors (Lipinski definition) is 5. The lowest BCUT2D eigenvalue weighted by molar-refractivity contribution is -0.126. The maximum absolute atomic E-state index is 12.2. The smallest absolute Gasteiger partial charge is 0.231 e. The van der Waals surface area contributed by atoms with Crippen molar-refractivity contribution in [2.24, 2.45) is 5.92 Å². The van der Waals surface area contributed by atoms with Gasteiger partial charge in [0, 0.05) is 29.9 Å². The molecule has 1 aliphatic rings. The molecule has 0 saturated carbocycles. The molecule has 1 aromatic heterocycles. The Morgan fingerprint density at radius 3 is 2.78 bits per heavy atom. The van der Waals surface area contributed by atoms with E-state index in [2.05, 4.69) is 20.9 Å². The van der Waals surface area contributed by atoms with Crippen molar-refractivity contribution in [2.45, 2.75) is 25.8 Å². The van der Waals surface area contributed by atoms with Crippen molar-refractivity contribution in [1.29, 1.82) is 0 Å². The SMILES string of the molecule is O=C1CCC(C(=O)Nc2nc(CC(=O)NCc3ccc(Cl)cc3)cs2)CN1. The maximum Gasteiger partial charge on any atom is 0.231 e. The highest BCUT2D eigenvalue weighted by molar-refractivity contribution is 7.13. The first-order valence-electron chi connectivity index (χ1n) is 8.52. The minimum absolute atomic E-state index is 0.0276. The molecule has 3 N–H and O–H groups in total. The number of piperidine rings is 1. The lowest BCUT2D eigenvalue weighted by atomic mass is 9.98. The minimum Gasteiger partial charge on any atom is -0.355 e. The van der Waals surface area contributed by atoms with Gasteiger partial charge < -0.3 is 16.0 Å². The summed E-state index contributed by atoms with van der Waals surface area (Å²) in [4.78, 5) is 39.7. The second-order valence-corrected chi connectivity index (χ2v) is 7.55. The van der Waals surface area contributed by atoms with Crippen molar-refractivity contribution in [3.63, 3.8) is 0 Å². The highest BCUT2D eigenvalue weighted by Crippen LogP contribution is 2.19. The van der Waals surface area contributed by atoms with E-state index in [1.54, 1.807) is 17.5 Å². The minimum atomic E-state index is -0.252. The van der Waals surface area contributed by atoms with Gasteiger partial charge in [0.25, 0.3) is 0 Å². The normalized spacial score (nSPS) is 16.5. The largest absolute Gasteiger partial charge is 0.355 e. The predicted octanol–water partition coefficient (Wildman–Crippen LogP) is 2.12. The lowest BCUT2D eigenvalue weighted by Crippen LogP contribution is -2.40. The van der Waals surface area contributed by atoms with E-state index in [0.29, 0.717) is 41.8 Å². The van der Waals surface area contributed by atoms with Crippen LogP contribution in [0.3, 0.4) is 0 Å². The van der Waals surface area contributed by atoms with Crippen LogP contribution >= 0.6 is 22.9 Å². The fourth-order valence-electron chi connectivity index (χ4n) is 2.64. The van der Waals surface area contributed by atoms with Crippen molar-refractivity contribution < 1.29 is 14.4 Å². The Bertz CT molecular complexity index is 827. The third-order valence-electron chi connectivity index (χ3n) is 4.16. The number of anilines is 1. The molecule has 2 aromatic rings. The number of carbonyl (C=O) groups is 3. The van der Waals surface area contributed by atoms with Crippen LogP contribution in [0.25, 0.3) is 0 Å². The standard InChI is InChI=1S/C18H19ClN4O3S/c19-13-4-1-11(2-5-13)8-20-16(25)7-14-10-27-18(22-14)23-17(26)12-3-6-15(24)21-9-12/h1-2,4-5,10,12H,3,6-9H2,(H,20,25)(H,21,24)(H,22,23,26). The fraction of sp³-hybridized carbons (Fsp3) is 0.333. The number of amides is 3. The fourth-order valence-corrected chi connectivity index (χ4v) is 3.48. The Balaban J connectivity index is 1.45. The third kappa shape index (κ3) is 5.77. The van der Waals surface area contributed by atoms with Gasteiger partial charge in [-0.05, 0) is 24.1 Å². The van der Waals surface area contributed by atoms with Gasteiger partial charge in [0.1, 0.15) is 0 Å². The van der Waals surface area contributed by atoms with Gasteiger partial charge in [-0.25, -0.2) is 4.98 Å². The number of halogens is 1. The first-order chi connectivity index (χ1) is 13.0. The summed E-state index contributed by atoms with van der Waals surface area (Å²) in [5.74, 6) is -0.593. The number of rotatable bonds is 6. The summed E-state index contributed by atoms with van der Waals surface area (Å²) < 4.78 is 0. The molecular formula is C18H19ClN4O3S. The Kier molecular flexibility index (Phi) is 6.41. The van der Waals surface area contributed by atoms with Crippen molar-refractivity contribution in [2.75, 3.05) is 11.9 Å². The van der Waals surface area contributed by atoms with E-state index < -0.39 is 0 Å². The first kappa shape index (κ1) is 19.3. The van der Waals surface area contributed by atoms with Gasteiger partial charge in [-0.3, -0.25) is 14.4 Å². The number of nitrogens with one attached hydrogen (secondary N) is 3. The zero-order chi connectivity index (χ0) is 19.2. The van der Waals surface area contributed by atoms with Gasteiger partial charge in [0.05, 0.1) is 18.0 Å². The summed E-state index contributed by atoms with van der Waals surface area (Å²) in [6, 6.07) is 7.26. The monoisotopic (exact) mass is 406 g/mol. The number of thiazole rings is 1. The topological polar surface area (TPSA) is 100 Å². The molecule has 27 heavy (non-hydrogen) atoms. The molecular weight excluding hydrogens is 388 g/mol. The number of carbonyl (C=O) groups excluding carboxylic acids is 3. The van der Waals surface area contributed by atoms with Gasteiger partial charge in [0.15, 0.2) is 5.13 Å². The molecule has 3 rings (SSSR count). The molecule has 7 nitrogen and oxygen atoms in total. The molecule has 142 valence electrons. The van der Waals surface area contributed by atoms with E-state index in [1.165, 1.54) is 11.3 Å². The van der Waals surface area contributed by atoms with Gasteiger partial charge >= 0.3 is 0 Å². The summed E-state index contributed by atoms with van der Waals surface area (Å²) in [6.07, 6.45) is 1.03. The van der Waals surface area contributed by atoms with Crippen LogP contribution in [0.2, 0.25) is 5.02 Å². The number of aromatic nitrogens is 1. The maximum atomic E-state index is 12.2. The van der Waals surface area contributed by atoms with E-state index in [9.17, 15) is 14.4 Å². The molecule has 1 aromatic carbocycles. The predicted molar refractivity (Wildman–Crippen MR) is 103 cm³/mol. The zero-order valence-corrected chi connectivity index (χ0v) is 16.0. The number of nitrogens with zero attached hydrogens (tertiary/aromatic N) is 1. The van der Waals surface area contributed by atoms with E-state index in [-0.39, 0.29) is 30.1 Å². The summed E-state index contributed by atoms with van der Waals surface area (Å²) >= 11 is 7.11. The van der Waals surface area contributed by atoms with Crippen LogP contribution in [-0.4, -0.2) is 29.3 Å². The van der Waals surface area contributed by atoms with Crippen LogP contribution in [0.15, 0.2) is 29.6 Å². The molecule has 2 heterocycles. The quantitative estimate of drug-likeness (QED) is 0.684. The molecule has 0 bridgehead atoms. The van der Waals surface area contributed by atoms with Crippen LogP contribution in [0.1, 0.15) is 24.1 Å². The Labute approximate surface area is 165 Å². The van der Waals surface area contributed by atoms with Crippen LogP contribution in [-0.2, 0) is 27.3 Å². The molecule has 1 atom stereocenters. The van der Waals surface area contributed by atoms with Crippen molar-refractivity contribution >= 4 is 45.8 Å². The molecule has 9 heteroatoms. The number of benzene rings is 1. The second-order valence-electron chi connectivity index (χ2n) is 6.25. The van der Waals surface area contributed by atoms with Gasteiger partial charge in [-0.15, -0.1) is 11.3 Å². The first-order valence-corrected chi connectivity index (χ1v) is 9.78. The Morgan fingerprint density at radius 1 is 1.30 bits per heavy atom. The van der Waals surface area contributed by atoms with E-state index in [1.807, 2.05) is 12.1 Å². The molecule has 1 fully saturated rings. The molecule has 0 radical (unpaired) electrons. The van der Waals surface area contributed by atoms with Gasteiger partial charge in [-0.2, -0.15) is 0 Å². The molecule has 0 aliphatic carbocycles.